The fourth-order valence-electron chi connectivity index (χ4n) is 1.82. The van der Waals surface area contributed by atoms with Gasteiger partial charge < -0.3 is 9.32 Å². The van der Waals surface area contributed by atoms with Gasteiger partial charge in [0.1, 0.15) is 11.5 Å². The standard InChI is InChI=1S/C13H23N3O2S/c1-4-16(5-2)6-7-19-9-11-8-12(10(3)18-11)13(17)15-14/h8H,4-7,9,14H2,1-3H3,(H,15,17). The topological polar surface area (TPSA) is 71.5 Å². The summed E-state index contributed by atoms with van der Waals surface area (Å²) in [7, 11) is 0. The van der Waals surface area contributed by atoms with Crippen molar-refractivity contribution in [1.82, 2.24) is 10.3 Å². The Labute approximate surface area is 118 Å². The van der Waals surface area contributed by atoms with Crippen LogP contribution >= 0.6 is 11.8 Å². The van der Waals surface area contributed by atoms with Gasteiger partial charge in [-0.05, 0) is 26.1 Å². The van der Waals surface area contributed by atoms with E-state index in [-0.39, 0.29) is 5.91 Å². The number of hydrogen-bond acceptors (Lipinski definition) is 5. The van der Waals surface area contributed by atoms with Crippen LogP contribution in [0, 0.1) is 6.92 Å². The summed E-state index contributed by atoms with van der Waals surface area (Å²) >= 11 is 1.81. The molecule has 0 aliphatic carbocycles. The van der Waals surface area contributed by atoms with Crippen molar-refractivity contribution >= 4 is 17.7 Å². The molecule has 1 aromatic rings. The zero-order valence-corrected chi connectivity index (χ0v) is 12.7. The second kappa shape index (κ2) is 8.24. The Morgan fingerprint density at radius 2 is 2.16 bits per heavy atom. The van der Waals surface area contributed by atoms with Gasteiger partial charge in [0, 0.05) is 12.3 Å². The molecule has 1 aromatic heterocycles. The van der Waals surface area contributed by atoms with Crippen molar-refractivity contribution in [3.63, 3.8) is 0 Å². The fourth-order valence-corrected chi connectivity index (χ4v) is 2.70. The molecule has 0 unspecified atom stereocenters. The van der Waals surface area contributed by atoms with E-state index in [1.165, 1.54) is 0 Å². The van der Waals surface area contributed by atoms with Crippen LogP contribution < -0.4 is 11.3 Å². The molecule has 19 heavy (non-hydrogen) atoms. The number of amides is 1. The third-order valence-electron chi connectivity index (χ3n) is 3.04. The van der Waals surface area contributed by atoms with Gasteiger partial charge in [-0.3, -0.25) is 10.2 Å². The van der Waals surface area contributed by atoms with E-state index in [4.69, 9.17) is 10.3 Å². The minimum atomic E-state index is -0.305. The summed E-state index contributed by atoms with van der Waals surface area (Å²) in [5.74, 6) is 8.08. The molecule has 108 valence electrons. The van der Waals surface area contributed by atoms with E-state index in [0.717, 1.165) is 36.9 Å². The Hall–Kier alpha value is -0.980. The van der Waals surface area contributed by atoms with Crippen molar-refractivity contribution in [3.05, 3.63) is 23.2 Å². The largest absolute Gasteiger partial charge is 0.465 e. The number of rotatable bonds is 8. The van der Waals surface area contributed by atoms with E-state index in [9.17, 15) is 4.79 Å². The molecule has 6 heteroatoms. The van der Waals surface area contributed by atoms with Crippen LogP contribution in [-0.2, 0) is 5.75 Å². The Balaban J connectivity index is 2.40. The summed E-state index contributed by atoms with van der Waals surface area (Å²) in [5, 5.41) is 0. The molecule has 0 radical (unpaired) electrons. The molecule has 1 amide bonds. The van der Waals surface area contributed by atoms with Gasteiger partial charge in [-0.2, -0.15) is 11.8 Å². The number of furan rings is 1. The summed E-state index contributed by atoms with van der Waals surface area (Å²) < 4.78 is 5.55. The number of hydrazine groups is 1. The minimum absolute atomic E-state index is 0.305. The first-order valence-electron chi connectivity index (χ1n) is 6.52. The van der Waals surface area contributed by atoms with E-state index in [0.29, 0.717) is 11.3 Å². The Kier molecular flexibility index (Phi) is 6.97. The molecule has 0 aliphatic heterocycles. The maximum absolute atomic E-state index is 11.4. The molecule has 0 bridgehead atoms. The van der Waals surface area contributed by atoms with Gasteiger partial charge in [-0.1, -0.05) is 13.8 Å². The molecular weight excluding hydrogens is 262 g/mol. The maximum Gasteiger partial charge on any atom is 0.268 e. The molecule has 0 saturated heterocycles. The van der Waals surface area contributed by atoms with Crippen molar-refractivity contribution in [3.8, 4) is 0 Å². The fraction of sp³-hybridized carbons (Fsp3) is 0.615. The lowest BCUT2D eigenvalue weighted by molar-refractivity contribution is 0.0952. The van der Waals surface area contributed by atoms with Crippen LogP contribution in [0.4, 0.5) is 0 Å². The van der Waals surface area contributed by atoms with Crippen molar-refractivity contribution in [2.75, 3.05) is 25.4 Å². The number of aryl methyl sites for hydroxylation is 1. The van der Waals surface area contributed by atoms with E-state index in [1.807, 2.05) is 11.8 Å². The highest BCUT2D eigenvalue weighted by molar-refractivity contribution is 7.98. The molecular formula is C13H23N3O2S. The van der Waals surface area contributed by atoms with Gasteiger partial charge >= 0.3 is 0 Å². The average Bonchev–Trinajstić information content (AvgIpc) is 2.79. The second-order valence-electron chi connectivity index (χ2n) is 4.24. The Morgan fingerprint density at radius 3 is 2.74 bits per heavy atom. The quantitative estimate of drug-likeness (QED) is 0.330. The van der Waals surface area contributed by atoms with Crippen LogP contribution in [-0.4, -0.2) is 36.2 Å². The maximum atomic E-state index is 11.4. The zero-order valence-electron chi connectivity index (χ0n) is 11.9. The van der Waals surface area contributed by atoms with Gasteiger partial charge in [0.15, 0.2) is 0 Å². The Bertz CT molecular complexity index is 403. The number of carbonyl (C=O) groups excluding carboxylic acids is 1. The highest BCUT2D eigenvalue weighted by Gasteiger charge is 2.13. The van der Waals surface area contributed by atoms with Gasteiger partial charge in [-0.15, -0.1) is 0 Å². The lowest BCUT2D eigenvalue weighted by Gasteiger charge is -2.16. The first kappa shape index (κ1) is 16.1. The van der Waals surface area contributed by atoms with E-state index in [2.05, 4.69) is 24.2 Å². The molecule has 3 N–H and O–H groups in total. The highest BCUT2D eigenvalue weighted by atomic mass is 32.2. The molecule has 0 aromatic carbocycles. The Morgan fingerprint density at radius 1 is 1.47 bits per heavy atom. The number of hydrogen-bond donors (Lipinski definition) is 2. The molecule has 0 fully saturated rings. The number of nitrogens with zero attached hydrogens (tertiary/aromatic N) is 1. The smallest absolute Gasteiger partial charge is 0.268 e. The van der Waals surface area contributed by atoms with Gasteiger partial charge in [0.2, 0.25) is 0 Å². The third-order valence-corrected chi connectivity index (χ3v) is 4.00. The summed E-state index contributed by atoms with van der Waals surface area (Å²) in [6.07, 6.45) is 0. The first-order chi connectivity index (χ1) is 9.12. The van der Waals surface area contributed by atoms with Crippen LogP contribution in [0.3, 0.4) is 0 Å². The zero-order chi connectivity index (χ0) is 14.3. The average molecular weight is 285 g/mol. The summed E-state index contributed by atoms with van der Waals surface area (Å²) in [4.78, 5) is 13.8. The van der Waals surface area contributed by atoms with Crippen LogP contribution in [0.15, 0.2) is 10.5 Å². The number of carbonyl (C=O) groups is 1. The van der Waals surface area contributed by atoms with Crippen molar-refractivity contribution in [2.45, 2.75) is 26.5 Å². The lowest BCUT2D eigenvalue weighted by Crippen LogP contribution is -2.30. The molecule has 0 atom stereocenters. The number of nitrogen functional groups attached to an aromatic ring is 1. The molecule has 1 rings (SSSR count). The number of nitrogens with one attached hydrogen (secondary N) is 1. The van der Waals surface area contributed by atoms with E-state index in [1.54, 1.807) is 13.0 Å². The minimum Gasteiger partial charge on any atom is -0.465 e. The summed E-state index contributed by atoms with van der Waals surface area (Å²) in [6, 6.07) is 1.77. The lowest BCUT2D eigenvalue weighted by atomic mass is 10.2. The molecule has 0 aliphatic rings. The molecule has 0 saturated carbocycles. The van der Waals surface area contributed by atoms with Gasteiger partial charge in [0.05, 0.1) is 11.3 Å². The third kappa shape index (κ3) is 4.89. The first-order valence-corrected chi connectivity index (χ1v) is 7.68. The molecule has 0 spiro atoms. The predicted octanol–water partition coefficient (Wildman–Crippen LogP) is 1.77. The van der Waals surface area contributed by atoms with Crippen molar-refractivity contribution in [1.29, 1.82) is 0 Å². The second-order valence-corrected chi connectivity index (χ2v) is 5.34. The molecule has 5 nitrogen and oxygen atoms in total. The summed E-state index contributed by atoms with van der Waals surface area (Å²) in [6.45, 7) is 9.35. The van der Waals surface area contributed by atoms with E-state index >= 15 is 0 Å². The van der Waals surface area contributed by atoms with Crippen molar-refractivity contribution < 1.29 is 9.21 Å². The predicted molar refractivity (Wildman–Crippen MR) is 79.0 cm³/mol. The highest BCUT2D eigenvalue weighted by Crippen LogP contribution is 2.19. The van der Waals surface area contributed by atoms with Crippen LogP contribution in [0.5, 0.6) is 0 Å². The number of thioether (sulfide) groups is 1. The molecule has 1 heterocycles. The van der Waals surface area contributed by atoms with E-state index < -0.39 is 0 Å². The summed E-state index contributed by atoms with van der Waals surface area (Å²) in [5.41, 5.74) is 2.64. The SMILES string of the molecule is CCN(CC)CCSCc1cc(C(=O)NN)c(C)o1. The van der Waals surface area contributed by atoms with Crippen molar-refractivity contribution in [2.24, 2.45) is 5.84 Å². The van der Waals surface area contributed by atoms with Gasteiger partial charge in [-0.25, -0.2) is 5.84 Å². The number of nitrogens with two attached hydrogens (primary N) is 1. The van der Waals surface area contributed by atoms with Gasteiger partial charge in [0.25, 0.3) is 5.91 Å². The normalized spacial score (nSPS) is 11.0. The monoisotopic (exact) mass is 285 g/mol. The van der Waals surface area contributed by atoms with Crippen LogP contribution in [0.2, 0.25) is 0 Å². The van der Waals surface area contributed by atoms with Crippen LogP contribution in [0.25, 0.3) is 0 Å². The van der Waals surface area contributed by atoms with Crippen LogP contribution in [0.1, 0.15) is 35.7 Å².